The van der Waals surface area contributed by atoms with Gasteiger partial charge in [-0.15, -0.1) is 22.8 Å². The van der Waals surface area contributed by atoms with Crippen molar-refractivity contribution in [1.82, 2.24) is 9.97 Å². The fourth-order valence-corrected chi connectivity index (χ4v) is 8.77. The Morgan fingerprint density at radius 1 is 0.855 bits per heavy atom. The van der Waals surface area contributed by atoms with E-state index in [1.54, 1.807) is 6.92 Å². The van der Waals surface area contributed by atoms with Crippen LogP contribution in [0.15, 0.2) is 22.8 Å². The second-order valence-electron chi connectivity index (χ2n) is 15.7. The minimum absolute atomic E-state index is 0. The standard InChI is InChI=1S/C44H56N4O6.Mg/c1-10-12-13-14-22(3)17-18-54-36(50)16-15-29-24(5)31-19-32-25(6)37(27(8)49)35(46-32)21-30-23(4)28(11-2)34(45-30)20-33-26(7)38-42(48-33)39(41(29)47-31)40(43(38)51)44(52)53-9;/h19-24,28-29,40H,10-18H2,1-9H3,(H2-2,45,46,47,48,49,51);/q-2;+2/p-2/b31-19-,34-20-;/t22?,23-,24+,28-,29+,40-;/m1./s1. The molecule has 0 aromatic carbocycles. The van der Waals surface area contributed by atoms with Gasteiger partial charge in [-0.2, -0.15) is 22.8 Å². The van der Waals surface area contributed by atoms with Crippen LogP contribution in [-0.2, 0) is 19.1 Å². The minimum Gasteiger partial charge on any atom is -0.664 e. The van der Waals surface area contributed by atoms with Gasteiger partial charge >= 0.3 is 35.0 Å². The zero-order valence-electron chi connectivity index (χ0n) is 34.0. The number of ether oxygens (including phenoxy) is 2. The van der Waals surface area contributed by atoms with Crippen LogP contribution in [-0.4, -0.2) is 60.3 Å². The van der Waals surface area contributed by atoms with E-state index in [1.165, 1.54) is 26.4 Å². The van der Waals surface area contributed by atoms with Crippen molar-refractivity contribution in [1.29, 1.82) is 0 Å². The molecule has 1 aliphatic carbocycles. The maximum Gasteiger partial charge on any atom is 2.00 e. The van der Waals surface area contributed by atoms with Gasteiger partial charge in [0.1, 0.15) is 5.92 Å². The third-order valence-electron chi connectivity index (χ3n) is 12.1. The first-order valence-corrected chi connectivity index (χ1v) is 19.8. The molecule has 55 heavy (non-hydrogen) atoms. The SMILES string of the molecule is CCCCCC(C)CCOC(=O)CC[C@@H]1/C2=C3/c4[n-]c(c(C)c4C(=O)[C@@H]3C(=O)OC)/C=C3\[N-]/C(=C\c4[n-]c(c(C)c4C(C)=O)/C=C(\[N-]2)[C@H]1C)[C@H](C)[C@H]3CC.[Mg+2]. The van der Waals surface area contributed by atoms with E-state index in [0.717, 1.165) is 36.2 Å². The molecule has 2 saturated heterocycles. The molecule has 0 spiro atoms. The van der Waals surface area contributed by atoms with Crippen LogP contribution in [0.4, 0.5) is 0 Å². The molecule has 0 saturated carbocycles. The first kappa shape index (κ1) is 42.3. The molecule has 2 aromatic rings. The zero-order valence-corrected chi connectivity index (χ0v) is 35.4. The Morgan fingerprint density at radius 3 is 2.18 bits per heavy atom. The van der Waals surface area contributed by atoms with Gasteiger partial charge in [-0.1, -0.05) is 102 Å². The van der Waals surface area contributed by atoms with Gasteiger partial charge in [0.05, 0.1) is 13.7 Å². The molecular formula is C44H54MgN4O6-2. The monoisotopic (exact) mass is 758 g/mol. The first-order valence-electron chi connectivity index (χ1n) is 19.8. The maximum atomic E-state index is 14.3. The number of unbranched alkanes of at least 4 members (excludes halogenated alkanes) is 2. The van der Waals surface area contributed by atoms with Crippen molar-refractivity contribution in [2.75, 3.05) is 13.7 Å². The van der Waals surface area contributed by atoms with Crippen molar-refractivity contribution in [2.45, 2.75) is 107 Å². The Kier molecular flexibility index (Phi) is 13.5. The van der Waals surface area contributed by atoms with Crippen LogP contribution in [0.1, 0.15) is 148 Å². The van der Waals surface area contributed by atoms with E-state index >= 15 is 0 Å². The summed E-state index contributed by atoms with van der Waals surface area (Å²) < 4.78 is 10.9. The molecule has 11 heteroatoms. The molecule has 6 atom stereocenters. The molecule has 6 rings (SSSR count). The van der Waals surface area contributed by atoms with Crippen LogP contribution in [0.3, 0.4) is 0 Å². The van der Waals surface area contributed by atoms with E-state index in [-0.39, 0.29) is 70.7 Å². The summed E-state index contributed by atoms with van der Waals surface area (Å²) in [5.74, 6) is -2.58. The van der Waals surface area contributed by atoms with Gasteiger partial charge in [0.25, 0.3) is 0 Å². The Morgan fingerprint density at radius 2 is 1.51 bits per heavy atom. The molecule has 2 aromatic heterocycles. The van der Waals surface area contributed by atoms with E-state index in [9.17, 15) is 19.2 Å². The van der Waals surface area contributed by atoms with Gasteiger partial charge in [-0.3, -0.25) is 19.2 Å². The molecule has 1 unspecified atom stereocenters. The summed E-state index contributed by atoms with van der Waals surface area (Å²) >= 11 is 0. The Balaban J connectivity index is 0.00000580. The van der Waals surface area contributed by atoms with Crippen molar-refractivity contribution in [3.05, 3.63) is 78.5 Å². The van der Waals surface area contributed by atoms with Gasteiger partial charge in [-0.25, -0.2) is 0 Å². The largest absolute Gasteiger partial charge is 2.00 e. The van der Waals surface area contributed by atoms with E-state index in [1.807, 2.05) is 39.0 Å². The number of methoxy groups -OCH3 is 1. The van der Waals surface area contributed by atoms with Crippen molar-refractivity contribution in [2.24, 2.45) is 35.5 Å². The summed E-state index contributed by atoms with van der Waals surface area (Å²) in [7, 11) is 1.28. The normalized spacial score (nSPS) is 27.1. The van der Waals surface area contributed by atoms with E-state index < -0.39 is 11.9 Å². The smallest absolute Gasteiger partial charge is 0.664 e. The van der Waals surface area contributed by atoms with Gasteiger partial charge in [0.2, 0.25) is 0 Å². The maximum absolute atomic E-state index is 14.3. The van der Waals surface area contributed by atoms with E-state index in [2.05, 4.69) is 27.7 Å². The van der Waals surface area contributed by atoms with Crippen molar-refractivity contribution in [3.8, 4) is 0 Å². The number of allylic oxidation sites excluding steroid dienone is 4. The van der Waals surface area contributed by atoms with Crippen LogP contribution in [0.2, 0.25) is 0 Å². The number of hydrogen-bond donors (Lipinski definition) is 0. The summed E-state index contributed by atoms with van der Waals surface area (Å²) in [4.78, 5) is 64.0. The second kappa shape index (κ2) is 17.5. The molecule has 290 valence electrons. The third kappa shape index (κ3) is 8.06. The number of carbonyl (C=O) groups is 4. The molecule has 3 aliphatic heterocycles. The number of fused-ring (bicyclic) bond motifs is 7. The molecule has 5 heterocycles. The van der Waals surface area contributed by atoms with Crippen LogP contribution >= 0.6 is 0 Å². The molecule has 0 N–H and O–H groups in total. The number of ketones is 2. The van der Waals surface area contributed by atoms with Crippen molar-refractivity contribution in [3.63, 3.8) is 0 Å². The molecule has 0 radical (unpaired) electrons. The van der Waals surface area contributed by atoms with Crippen molar-refractivity contribution < 1.29 is 28.7 Å². The van der Waals surface area contributed by atoms with Crippen molar-refractivity contribution >= 4 is 70.4 Å². The number of esters is 2. The Labute approximate surface area is 342 Å². The van der Waals surface area contributed by atoms with Gasteiger partial charge in [-0.05, 0) is 63.2 Å². The fraction of sp³-hybridized carbons (Fsp3) is 0.545. The topological polar surface area (TPSA) is 143 Å². The average Bonchev–Trinajstić information content (AvgIpc) is 3.87. The number of Topliss-reactive ketones (excluding diaryl/α,β-unsaturated/α-hetero) is 2. The molecule has 8 bridgehead atoms. The second-order valence-corrected chi connectivity index (χ2v) is 15.7. The molecular weight excluding hydrogens is 705 g/mol. The van der Waals surface area contributed by atoms with Crippen LogP contribution < -0.4 is 9.97 Å². The summed E-state index contributed by atoms with van der Waals surface area (Å²) in [6, 6.07) is 0. The van der Waals surface area contributed by atoms with E-state index in [4.69, 9.17) is 30.1 Å². The molecule has 10 nitrogen and oxygen atoms in total. The summed E-state index contributed by atoms with van der Waals surface area (Å²) in [5, 5.41) is 10.2. The fourth-order valence-electron chi connectivity index (χ4n) is 8.77. The number of carbonyl (C=O) groups excluding carboxylic acids is 4. The van der Waals surface area contributed by atoms with Gasteiger partial charge < -0.3 is 30.1 Å². The third-order valence-corrected chi connectivity index (χ3v) is 12.1. The number of aromatic nitrogens is 2. The number of nitrogens with zero attached hydrogens (tertiary/aromatic N) is 4. The van der Waals surface area contributed by atoms with Crippen LogP contribution in [0.25, 0.3) is 34.4 Å². The molecule has 4 aliphatic rings. The van der Waals surface area contributed by atoms with Crippen LogP contribution in [0, 0.1) is 49.4 Å². The predicted octanol–water partition coefficient (Wildman–Crippen LogP) is 9.09. The Bertz CT molecular complexity index is 1980. The van der Waals surface area contributed by atoms with Crippen LogP contribution in [0.5, 0.6) is 0 Å². The predicted molar refractivity (Wildman–Crippen MR) is 216 cm³/mol. The average molecular weight is 759 g/mol. The zero-order chi connectivity index (χ0) is 39.0. The number of hydrogen-bond acceptors (Lipinski definition) is 6. The minimum atomic E-state index is -1.23. The van der Waals surface area contributed by atoms with E-state index in [0.29, 0.717) is 75.4 Å². The summed E-state index contributed by atoms with van der Waals surface area (Å²) in [5.41, 5.74) is 7.93. The number of rotatable bonds is 13. The molecule has 2 fully saturated rings. The Hall–Kier alpha value is -3.83. The van der Waals surface area contributed by atoms with Gasteiger partial charge in [0.15, 0.2) is 11.6 Å². The summed E-state index contributed by atoms with van der Waals surface area (Å²) in [6.07, 6.45) is 12.6. The van der Waals surface area contributed by atoms with Gasteiger partial charge in [0, 0.05) is 17.5 Å². The summed E-state index contributed by atoms with van der Waals surface area (Å²) in [6.45, 7) is 16.4. The quantitative estimate of drug-likeness (QED) is 0.0647. The molecule has 0 amide bonds. The first-order chi connectivity index (χ1) is 25.8.